The molecule has 0 aliphatic carbocycles. The second kappa shape index (κ2) is 11.5. The largest absolute Gasteiger partial charge is 0.497 e. The van der Waals surface area contributed by atoms with Gasteiger partial charge in [-0.2, -0.15) is 13.2 Å². The summed E-state index contributed by atoms with van der Waals surface area (Å²) < 4.78 is 49.5. The van der Waals surface area contributed by atoms with Crippen LogP contribution >= 0.6 is 11.6 Å². The van der Waals surface area contributed by atoms with E-state index in [9.17, 15) is 22.8 Å². The number of alkyl halides is 3. The lowest BCUT2D eigenvalue weighted by atomic mass is 10.1. The number of methoxy groups -OCH3 is 2. The molecule has 35 heavy (non-hydrogen) atoms. The third-order valence-corrected chi connectivity index (χ3v) is 5.78. The van der Waals surface area contributed by atoms with E-state index >= 15 is 0 Å². The number of benzene rings is 2. The van der Waals surface area contributed by atoms with Gasteiger partial charge in [-0.15, -0.1) is 0 Å². The maximum absolute atomic E-state index is 13.0. The molecule has 2 amide bonds. The molecular formula is C24H25ClF3N3O4. The van der Waals surface area contributed by atoms with Crippen LogP contribution in [0.25, 0.3) is 6.08 Å². The smallest absolute Gasteiger partial charge is 0.417 e. The number of hydrogen-bond donors (Lipinski definition) is 1. The molecule has 2 aromatic carbocycles. The predicted molar refractivity (Wildman–Crippen MR) is 127 cm³/mol. The van der Waals surface area contributed by atoms with E-state index in [0.29, 0.717) is 43.2 Å². The number of anilines is 1. The normalized spacial score (nSPS) is 14.7. The molecule has 1 heterocycles. The summed E-state index contributed by atoms with van der Waals surface area (Å²) in [7, 11) is 3.09. The molecule has 0 bridgehead atoms. The number of amides is 2. The lowest BCUT2D eigenvalue weighted by Gasteiger charge is -2.33. The lowest BCUT2D eigenvalue weighted by Crippen LogP contribution is -2.50. The van der Waals surface area contributed by atoms with Crippen LogP contribution in [0.1, 0.15) is 11.1 Å². The molecule has 0 radical (unpaired) electrons. The van der Waals surface area contributed by atoms with Crippen LogP contribution in [0.3, 0.4) is 0 Å². The monoisotopic (exact) mass is 511 g/mol. The maximum atomic E-state index is 13.0. The Morgan fingerprint density at radius 1 is 1.06 bits per heavy atom. The molecule has 0 saturated carbocycles. The van der Waals surface area contributed by atoms with Gasteiger partial charge in [-0.25, -0.2) is 0 Å². The first-order chi connectivity index (χ1) is 16.6. The molecule has 11 heteroatoms. The van der Waals surface area contributed by atoms with Crippen molar-refractivity contribution in [2.45, 2.75) is 6.18 Å². The Kier molecular flexibility index (Phi) is 8.63. The van der Waals surface area contributed by atoms with E-state index in [2.05, 4.69) is 5.32 Å². The fourth-order valence-electron chi connectivity index (χ4n) is 3.59. The number of halogens is 4. The number of rotatable bonds is 7. The molecule has 3 rings (SSSR count). The lowest BCUT2D eigenvalue weighted by molar-refractivity contribution is -0.137. The number of carbonyl (C=O) groups excluding carboxylic acids is 2. The molecule has 1 saturated heterocycles. The Bertz CT molecular complexity index is 1100. The molecule has 0 spiro atoms. The molecule has 2 aromatic rings. The highest BCUT2D eigenvalue weighted by molar-refractivity contribution is 6.31. The Balaban J connectivity index is 1.52. The van der Waals surface area contributed by atoms with Crippen LogP contribution in [-0.4, -0.2) is 68.6 Å². The fraction of sp³-hybridized carbons (Fsp3) is 0.333. The van der Waals surface area contributed by atoms with Crippen molar-refractivity contribution in [3.63, 3.8) is 0 Å². The van der Waals surface area contributed by atoms with Gasteiger partial charge in [0, 0.05) is 43.5 Å². The first kappa shape index (κ1) is 26.4. The molecule has 1 N–H and O–H groups in total. The molecule has 0 aromatic heterocycles. The summed E-state index contributed by atoms with van der Waals surface area (Å²) in [6.07, 6.45) is -1.50. The van der Waals surface area contributed by atoms with Gasteiger partial charge < -0.3 is 19.7 Å². The topological polar surface area (TPSA) is 71.1 Å². The average Bonchev–Trinajstić information content (AvgIpc) is 2.83. The first-order valence-corrected chi connectivity index (χ1v) is 11.1. The standard InChI is InChI=1S/C24H25ClF3N3O4/c1-34-18-5-7-21(35-2)16(13-18)3-8-23(33)31-11-9-30(10-12-31)15-22(32)29-17-4-6-20(25)19(14-17)24(26,27)28/h3-8,13-14H,9-12,15H2,1-2H3,(H,29,32). The zero-order valence-corrected chi connectivity index (χ0v) is 19.9. The number of nitrogens with one attached hydrogen (secondary N) is 1. The molecular weight excluding hydrogens is 487 g/mol. The van der Waals surface area contributed by atoms with E-state index in [1.165, 1.54) is 12.1 Å². The molecule has 1 fully saturated rings. The van der Waals surface area contributed by atoms with Crippen LogP contribution in [0.2, 0.25) is 5.02 Å². The van der Waals surface area contributed by atoms with Crippen molar-refractivity contribution in [2.24, 2.45) is 0 Å². The van der Waals surface area contributed by atoms with E-state index in [4.69, 9.17) is 21.1 Å². The van der Waals surface area contributed by atoms with Crippen LogP contribution in [-0.2, 0) is 15.8 Å². The van der Waals surface area contributed by atoms with Crippen molar-refractivity contribution in [2.75, 3.05) is 52.3 Å². The van der Waals surface area contributed by atoms with E-state index in [-0.39, 0.29) is 18.1 Å². The predicted octanol–water partition coefficient (Wildman–Crippen LogP) is 4.17. The van der Waals surface area contributed by atoms with Crippen LogP contribution in [0.15, 0.2) is 42.5 Å². The van der Waals surface area contributed by atoms with Crippen molar-refractivity contribution in [1.82, 2.24) is 9.80 Å². The summed E-state index contributed by atoms with van der Waals surface area (Å²) in [5, 5.41) is 2.03. The van der Waals surface area contributed by atoms with E-state index in [0.717, 1.165) is 12.1 Å². The van der Waals surface area contributed by atoms with Crippen molar-refractivity contribution < 1.29 is 32.2 Å². The average molecular weight is 512 g/mol. The summed E-state index contributed by atoms with van der Waals surface area (Å²) >= 11 is 5.61. The maximum Gasteiger partial charge on any atom is 0.417 e. The van der Waals surface area contributed by atoms with E-state index in [1.54, 1.807) is 43.4 Å². The molecule has 0 atom stereocenters. The quantitative estimate of drug-likeness (QED) is 0.565. The van der Waals surface area contributed by atoms with Crippen molar-refractivity contribution in [1.29, 1.82) is 0 Å². The Morgan fingerprint density at radius 2 is 1.77 bits per heavy atom. The van der Waals surface area contributed by atoms with Gasteiger partial charge in [-0.1, -0.05) is 11.6 Å². The fourth-order valence-corrected chi connectivity index (χ4v) is 3.81. The minimum atomic E-state index is -4.62. The summed E-state index contributed by atoms with van der Waals surface area (Å²) in [4.78, 5) is 28.4. The van der Waals surface area contributed by atoms with Crippen molar-refractivity contribution in [3.05, 3.63) is 58.6 Å². The van der Waals surface area contributed by atoms with Crippen LogP contribution < -0.4 is 14.8 Å². The number of hydrogen-bond acceptors (Lipinski definition) is 5. The molecule has 1 aliphatic heterocycles. The molecule has 1 aliphatic rings. The summed E-state index contributed by atoms with van der Waals surface area (Å²) in [5.74, 6) is 0.608. The second-order valence-corrected chi connectivity index (χ2v) is 8.19. The summed E-state index contributed by atoms with van der Waals surface area (Å²) in [6, 6.07) is 8.49. The number of piperazine rings is 1. The Morgan fingerprint density at radius 3 is 2.40 bits per heavy atom. The van der Waals surface area contributed by atoms with Gasteiger partial charge >= 0.3 is 6.18 Å². The van der Waals surface area contributed by atoms with Gasteiger partial charge in [-0.05, 0) is 42.5 Å². The van der Waals surface area contributed by atoms with E-state index < -0.39 is 22.7 Å². The minimum Gasteiger partial charge on any atom is -0.497 e. The number of nitrogens with zero attached hydrogens (tertiary/aromatic N) is 2. The first-order valence-electron chi connectivity index (χ1n) is 10.7. The highest BCUT2D eigenvalue weighted by Gasteiger charge is 2.33. The van der Waals surface area contributed by atoms with Crippen LogP contribution in [0.4, 0.5) is 18.9 Å². The number of ether oxygens (including phenoxy) is 2. The van der Waals surface area contributed by atoms with Gasteiger partial charge in [-0.3, -0.25) is 14.5 Å². The van der Waals surface area contributed by atoms with Gasteiger partial charge in [0.1, 0.15) is 11.5 Å². The molecule has 7 nitrogen and oxygen atoms in total. The highest BCUT2D eigenvalue weighted by Crippen LogP contribution is 2.36. The van der Waals surface area contributed by atoms with Crippen LogP contribution in [0, 0.1) is 0 Å². The van der Waals surface area contributed by atoms with Crippen molar-refractivity contribution >= 4 is 35.2 Å². The van der Waals surface area contributed by atoms with Crippen molar-refractivity contribution in [3.8, 4) is 11.5 Å². The third-order valence-electron chi connectivity index (χ3n) is 5.45. The zero-order valence-electron chi connectivity index (χ0n) is 19.2. The van der Waals surface area contributed by atoms with Gasteiger partial charge in [0.05, 0.1) is 31.4 Å². The SMILES string of the molecule is COc1ccc(OC)c(C=CC(=O)N2CCN(CC(=O)Nc3ccc(Cl)c(C(F)(F)F)c3)CC2)c1. The van der Waals surface area contributed by atoms with E-state index in [1.807, 2.05) is 4.90 Å². The summed E-state index contributed by atoms with van der Waals surface area (Å²) in [5.41, 5.74) is -0.297. The zero-order chi connectivity index (χ0) is 25.6. The van der Waals surface area contributed by atoms with Gasteiger partial charge in [0.2, 0.25) is 11.8 Å². The number of carbonyl (C=O) groups is 2. The second-order valence-electron chi connectivity index (χ2n) is 7.78. The third kappa shape index (κ3) is 7.12. The highest BCUT2D eigenvalue weighted by atomic mass is 35.5. The van der Waals surface area contributed by atoms with Gasteiger partial charge in [0.15, 0.2) is 0 Å². The minimum absolute atomic E-state index is 0.0111. The van der Waals surface area contributed by atoms with Gasteiger partial charge in [0.25, 0.3) is 0 Å². The Hall–Kier alpha value is -3.24. The Labute approximate surface area is 206 Å². The molecule has 0 unspecified atom stereocenters. The van der Waals surface area contributed by atoms with Crippen LogP contribution in [0.5, 0.6) is 11.5 Å². The molecule has 188 valence electrons. The summed E-state index contributed by atoms with van der Waals surface area (Å²) in [6.45, 7) is 1.70.